The second kappa shape index (κ2) is 5.02. The van der Waals surface area contributed by atoms with Gasteiger partial charge in [0.05, 0.1) is 5.69 Å². The molecule has 0 spiro atoms. The first-order valence-corrected chi connectivity index (χ1v) is 6.44. The van der Waals surface area contributed by atoms with E-state index in [0.29, 0.717) is 16.8 Å². The fourth-order valence-electron chi connectivity index (χ4n) is 2.30. The molecule has 3 rings (SSSR count). The van der Waals surface area contributed by atoms with E-state index in [1.165, 1.54) is 6.07 Å². The lowest BCUT2D eigenvalue weighted by Crippen LogP contribution is -2.04. The zero-order valence-electron chi connectivity index (χ0n) is 11.0. The van der Waals surface area contributed by atoms with Gasteiger partial charge in [-0.1, -0.05) is 36.4 Å². The van der Waals surface area contributed by atoms with Gasteiger partial charge in [0.25, 0.3) is 0 Å². The third-order valence-corrected chi connectivity index (χ3v) is 3.48. The molecule has 1 heterocycles. The maximum absolute atomic E-state index is 13.6. The number of aliphatic hydroxyl groups is 1. The summed E-state index contributed by atoms with van der Waals surface area (Å²) in [7, 11) is 0. The van der Waals surface area contributed by atoms with Crippen molar-refractivity contribution in [3.63, 3.8) is 0 Å². The van der Waals surface area contributed by atoms with Crippen LogP contribution in [0.3, 0.4) is 0 Å². The van der Waals surface area contributed by atoms with Crippen LogP contribution in [0.15, 0.2) is 54.7 Å². The van der Waals surface area contributed by atoms with Crippen LogP contribution in [-0.2, 0) is 0 Å². The van der Waals surface area contributed by atoms with Gasteiger partial charge in [0.1, 0.15) is 11.9 Å². The highest BCUT2D eigenvalue weighted by Crippen LogP contribution is 2.27. The van der Waals surface area contributed by atoms with Gasteiger partial charge in [0.15, 0.2) is 0 Å². The first-order chi connectivity index (χ1) is 9.66. The molecule has 1 N–H and O–H groups in total. The number of fused-ring (bicyclic) bond motifs is 1. The van der Waals surface area contributed by atoms with Crippen LogP contribution in [0.25, 0.3) is 10.8 Å². The Morgan fingerprint density at radius 1 is 1.10 bits per heavy atom. The maximum Gasteiger partial charge on any atom is 0.126 e. The lowest BCUT2D eigenvalue weighted by Gasteiger charge is -2.13. The maximum atomic E-state index is 13.6. The number of benzene rings is 2. The third kappa shape index (κ3) is 2.17. The summed E-state index contributed by atoms with van der Waals surface area (Å²) in [5, 5.41) is 12.4. The van der Waals surface area contributed by atoms with Crippen LogP contribution in [0, 0.1) is 12.7 Å². The molecule has 3 heteroatoms. The first kappa shape index (κ1) is 12.8. The number of pyridine rings is 1. The third-order valence-electron chi connectivity index (χ3n) is 3.48. The van der Waals surface area contributed by atoms with Gasteiger partial charge in [-0.25, -0.2) is 4.39 Å². The normalized spacial score (nSPS) is 12.6. The van der Waals surface area contributed by atoms with Crippen molar-refractivity contribution in [2.45, 2.75) is 13.0 Å². The van der Waals surface area contributed by atoms with Crippen LogP contribution in [-0.4, -0.2) is 10.1 Å². The van der Waals surface area contributed by atoms with E-state index >= 15 is 0 Å². The largest absolute Gasteiger partial charge is 0.382 e. The molecule has 3 aromatic rings. The molecule has 0 saturated heterocycles. The Morgan fingerprint density at radius 2 is 1.90 bits per heavy atom. The van der Waals surface area contributed by atoms with Gasteiger partial charge < -0.3 is 5.11 Å². The average molecular weight is 267 g/mol. The number of nitrogens with zero attached hydrogens (tertiary/aromatic N) is 1. The molecule has 0 aliphatic heterocycles. The van der Waals surface area contributed by atoms with Crippen molar-refractivity contribution in [1.82, 2.24) is 4.98 Å². The number of hydrogen-bond acceptors (Lipinski definition) is 2. The van der Waals surface area contributed by atoms with Crippen molar-refractivity contribution in [3.05, 3.63) is 77.4 Å². The van der Waals surface area contributed by atoms with Crippen molar-refractivity contribution in [3.8, 4) is 0 Å². The Bertz CT molecular complexity index is 765. The molecule has 2 nitrogen and oxygen atoms in total. The molecule has 0 bridgehead atoms. The predicted molar refractivity (Wildman–Crippen MR) is 76.9 cm³/mol. The molecule has 2 aromatic carbocycles. The van der Waals surface area contributed by atoms with Crippen molar-refractivity contribution in [1.29, 1.82) is 0 Å². The van der Waals surface area contributed by atoms with E-state index in [9.17, 15) is 9.50 Å². The van der Waals surface area contributed by atoms with E-state index in [1.54, 1.807) is 25.3 Å². The molecule has 0 aliphatic rings. The standard InChI is InChI=1S/C17H14FNO/c1-11-6-7-13(10-15(11)18)17(20)16-14-5-3-2-4-12(14)8-9-19-16/h2-10,17,20H,1H3. The minimum absolute atomic E-state index is 0.318. The van der Waals surface area contributed by atoms with E-state index in [1.807, 2.05) is 30.3 Å². The highest BCUT2D eigenvalue weighted by atomic mass is 19.1. The van der Waals surface area contributed by atoms with Gasteiger partial charge in [-0.15, -0.1) is 0 Å². The fraction of sp³-hybridized carbons (Fsp3) is 0.118. The van der Waals surface area contributed by atoms with E-state index in [4.69, 9.17) is 0 Å². The Labute approximate surface area is 116 Å². The molecule has 0 aliphatic carbocycles. The summed E-state index contributed by atoms with van der Waals surface area (Å²) >= 11 is 0. The molecule has 0 saturated carbocycles. The molecular formula is C17H14FNO. The Balaban J connectivity index is 2.12. The van der Waals surface area contributed by atoms with Crippen molar-refractivity contribution < 1.29 is 9.50 Å². The number of aryl methyl sites for hydroxylation is 1. The van der Waals surface area contributed by atoms with Gasteiger partial charge >= 0.3 is 0 Å². The zero-order valence-corrected chi connectivity index (χ0v) is 11.0. The Morgan fingerprint density at radius 3 is 2.70 bits per heavy atom. The van der Waals surface area contributed by atoms with Gasteiger partial charge in [0.2, 0.25) is 0 Å². The van der Waals surface area contributed by atoms with Crippen LogP contribution in [0.4, 0.5) is 4.39 Å². The SMILES string of the molecule is Cc1ccc(C(O)c2nccc3ccccc23)cc1F. The lowest BCUT2D eigenvalue weighted by molar-refractivity contribution is 0.216. The molecule has 1 atom stereocenters. The van der Waals surface area contributed by atoms with Crippen LogP contribution in [0.5, 0.6) is 0 Å². The van der Waals surface area contributed by atoms with Gasteiger partial charge in [-0.05, 0) is 35.6 Å². The number of aromatic nitrogens is 1. The summed E-state index contributed by atoms with van der Waals surface area (Å²) in [6.45, 7) is 1.70. The van der Waals surface area contributed by atoms with Crippen LogP contribution < -0.4 is 0 Å². The highest BCUT2D eigenvalue weighted by molar-refractivity contribution is 5.84. The second-order valence-corrected chi connectivity index (χ2v) is 4.83. The molecule has 0 radical (unpaired) electrons. The predicted octanol–water partition coefficient (Wildman–Crippen LogP) is 3.76. The number of halogens is 1. The number of rotatable bonds is 2. The van der Waals surface area contributed by atoms with E-state index in [0.717, 1.165) is 10.8 Å². The minimum Gasteiger partial charge on any atom is -0.382 e. The molecule has 20 heavy (non-hydrogen) atoms. The van der Waals surface area contributed by atoms with Gasteiger partial charge in [-0.3, -0.25) is 4.98 Å². The quantitative estimate of drug-likeness (QED) is 0.766. The fourth-order valence-corrected chi connectivity index (χ4v) is 2.30. The Kier molecular flexibility index (Phi) is 3.20. The van der Waals surface area contributed by atoms with Gasteiger partial charge in [-0.2, -0.15) is 0 Å². The smallest absolute Gasteiger partial charge is 0.126 e. The molecule has 0 fully saturated rings. The second-order valence-electron chi connectivity index (χ2n) is 4.83. The minimum atomic E-state index is -0.934. The summed E-state index contributed by atoms with van der Waals surface area (Å²) in [4.78, 5) is 4.26. The Hall–Kier alpha value is -2.26. The first-order valence-electron chi connectivity index (χ1n) is 6.44. The van der Waals surface area contributed by atoms with Crippen LogP contribution in [0.2, 0.25) is 0 Å². The summed E-state index contributed by atoms with van der Waals surface area (Å²) in [5.74, 6) is -0.318. The zero-order chi connectivity index (χ0) is 14.1. The molecule has 1 unspecified atom stereocenters. The van der Waals surface area contributed by atoms with E-state index in [2.05, 4.69) is 4.98 Å². The van der Waals surface area contributed by atoms with Crippen LogP contribution >= 0.6 is 0 Å². The summed E-state index contributed by atoms with van der Waals surface area (Å²) < 4.78 is 13.6. The van der Waals surface area contributed by atoms with E-state index in [-0.39, 0.29) is 5.82 Å². The average Bonchev–Trinajstić information content (AvgIpc) is 2.49. The van der Waals surface area contributed by atoms with Gasteiger partial charge in [0, 0.05) is 11.6 Å². The molecule has 1 aromatic heterocycles. The number of hydrogen-bond donors (Lipinski definition) is 1. The monoisotopic (exact) mass is 267 g/mol. The number of aliphatic hydroxyl groups excluding tert-OH is 1. The highest BCUT2D eigenvalue weighted by Gasteiger charge is 2.16. The van der Waals surface area contributed by atoms with E-state index < -0.39 is 6.10 Å². The summed E-state index contributed by atoms with van der Waals surface area (Å²) in [6, 6.07) is 14.4. The lowest BCUT2D eigenvalue weighted by atomic mass is 10.00. The van der Waals surface area contributed by atoms with Crippen molar-refractivity contribution in [2.75, 3.05) is 0 Å². The van der Waals surface area contributed by atoms with Crippen molar-refractivity contribution >= 4 is 10.8 Å². The van der Waals surface area contributed by atoms with Crippen LogP contribution in [0.1, 0.15) is 22.9 Å². The summed E-state index contributed by atoms with van der Waals surface area (Å²) in [5.41, 5.74) is 1.62. The summed E-state index contributed by atoms with van der Waals surface area (Å²) in [6.07, 6.45) is 0.724. The molecular weight excluding hydrogens is 253 g/mol. The molecule has 100 valence electrons. The van der Waals surface area contributed by atoms with Crippen molar-refractivity contribution in [2.24, 2.45) is 0 Å². The molecule has 0 amide bonds. The topological polar surface area (TPSA) is 33.1 Å².